The van der Waals surface area contributed by atoms with Gasteiger partial charge in [0.05, 0.1) is 11.5 Å². The summed E-state index contributed by atoms with van der Waals surface area (Å²) in [5, 5.41) is 2.99. The van der Waals surface area contributed by atoms with E-state index in [0.29, 0.717) is 25.4 Å². The van der Waals surface area contributed by atoms with Crippen LogP contribution in [-0.4, -0.2) is 33.6 Å². The van der Waals surface area contributed by atoms with Gasteiger partial charge in [0, 0.05) is 18.8 Å². The fraction of sp³-hybridized carbons (Fsp3) is 0.400. The van der Waals surface area contributed by atoms with E-state index in [1.165, 1.54) is 12.1 Å². The molecule has 1 unspecified atom stereocenters. The van der Waals surface area contributed by atoms with E-state index in [-0.39, 0.29) is 4.90 Å². The van der Waals surface area contributed by atoms with Crippen LogP contribution in [0.25, 0.3) is 0 Å². The van der Waals surface area contributed by atoms with Crippen LogP contribution >= 0.6 is 0 Å². The molecular weight excluding hydrogens is 228 g/mol. The van der Waals surface area contributed by atoms with Gasteiger partial charge in [0.15, 0.2) is 5.44 Å². The van der Waals surface area contributed by atoms with Gasteiger partial charge < -0.3 is 15.8 Å². The van der Waals surface area contributed by atoms with Crippen LogP contribution in [0.3, 0.4) is 0 Å². The summed E-state index contributed by atoms with van der Waals surface area (Å²) in [5.74, 6) is 0. The zero-order valence-corrected chi connectivity index (χ0v) is 9.53. The lowest BCUT2D eigenvalue weighted by Gasteiger charge is -2.23. The molecule has 1 heterocycles. The van der Waals surface area contributed by atoms with Crippen LogP contribution in [0.5, 0.6) is 0 Å². The van der Waals surface area contributed by atoms with E-state index in [9.17, 15) is 8.42 Å². The maximum atomic E-state index is 12.1. The van der Waals surface area contributed by atoms with Gasteiger partial charge >= 0.3 is 0 Å². The first-order valence-corrected chi connectivity index (χ1v) is 6.57. The first kappa shape index (κ1) is 11.4. The normalized spacial score (nSPS) is 21.9. The molecule has 1 fully saturated rings. The van der Waals surface area contributed by atoms with E-state index in [1.807, 2.05) is 0 Å². The summed E-state index contributed by atoms with van der Waals surface area (Å²) in [5.41, 5.74) is 5.18. The van der Waals surface area contributed by atoms with Gasteiger partial charge in [0.2, 0.25) is 9.84 Å². The number of anilines is 1. The second-order valence-electron chi connectivity index (χ2n) is 3.62. The molecule has 0 aliphatic carbocycles. The molecule has 0 bridgehead atoms. The van der Waals surface area contributed by atoms with E-state index in [1.54, 1.807) is 12.1 Å². The minimum Gasteiger partial charge on any atom is -0.399 e. The second kappa shape index (κ2) is 4.40. The third-order valence-electron chi connectivity index (χ3n) is 2.43. The molecule has 0 radical (unpaired) electrons. The number of ether oxygens (including phenoxy) is 1. The smallest absolute Gasteiger partial charge is 0.206 e. The number of morpholine rings is 1. The minimum atomic E-state index is -3.45. The van der Waals surface area contributed by atoms with Crippen molar-refractivity contribution in [2.75, 3.05) is 25.4 Å². The van der Waals surface area contributed by atoms with Gasteiger partial charge in [-0.2, -0.15) is 0 Å². The molecule has 0 aromatic heterocycles. The van der Waals surface area contributed by atoms with Crippen LogP contribution in [0.15, 0.2) is 29.2 Å². The Morgan fingerprint density at radius 2 is 2.25 bits per heavy atom. The second-order valence-corrected chi connectivity index (χ2v) is 5.71. The highest BCUT2D eigenvalue weighted by molar-refractivity contribution is 7.92. The number of benzene rings is 1. The van der Waals surface area contributed by atoms with Crippen LogP contribution in [0, 0.1) is 0 Å². The summed E-state index contributed by atoms with van der Waals surface area (Å²) in [6, 6.07) is 6.26. The number of sulfone groups is 1. The summed E-state index contributed by atoms with van der Waals surface area (Å²) in [6.07, 6.45) is 0. The van der Waals surface area contributed by atoms with Gasteiger partial charge in [-0.05, 0) is 18.2 Å². The molecule has 2 rings (SSSR count). The van der Waals surface area contributed by atoms with Gasteiger partial charge in [-0.3, -0.25) is 0 Å². The molecular formula is C10H14N2O3S. The van der Waals surface area contributed by atoms with Crippen molar-refractivity contribution < 1.29 is 13.2 Å². The number of hydrogen-bond acceptors (Lipinski definition) is 5. The minimum absolute atomic E-state index is 0.209. The highest BCUT2D eigenvalue weighted by Gasteiger charge is 2.29. The Labute approximate surface area is 94.5 Å². The van der Waals surface area contributed by atoms with Crippen molar-refractivity contribution in [3.05, 3.63) is 24.3 Å². The molecule has 5 nitrogen and oxygen atoms in total. The third kappa shape index (κ3) is 2.18. The average molecular weight is 242 g/mol. The lowest BCUT2D eigenvalue weighted by Crippen LogP contribution is -2.43. The zero-order valence-electron chi connectivity index (χ0n) is 8.72. The summed E-state index contributed by atoms with van der Waals surface area (Å²) < 4.78 is 29.5. The number of nitrogens with two attached hydrogens (primary N) is 1. The molecule has 0 saturated carbocycles. The van der Waals surface area contributed by atoms with Crippen LogP contribution in [0.1, 0.15) is 0 Å². The highest BCUT2D eigenvalue weighted by Crippen LogP contribution is 2.19. The Morgan fingerprint density at radius 1 is 1.44 bits per heavy atom. The molecule has 1 aromatic rings. The predicted octanol–water partition coefficient (Wildman–Crippen LogP) is -0.0116. The van der Waals surface area contributed by atoms with Crippen molar-refractivity contribution >= 4 is 15.5 Å². The molecule has 88 valence electrons. The molecule has 1 aliphatic heterocycles. The molecule has 3 N–H and O–H groups in total. The van der Waals surface area contributed by atoms with E-state index in [2.05, 4.69) is 5.32 Å². The van der Waals surface area contributed by atoms with Gasteiger partial charge in [-0.15, -0.1) is 0 Å². The van der Waals surface area contributed by atoms with E-state index in [0.717, 1.165) is 0 Å². The van der Waals surface area contributed by atoms with Crippen molar-refractivity contribution in [1.29, 1.82) is 0 Å². The largest absolute Gasteiger partial charge is 0.399 e. The third-order valence-corrected chi connectivity index (χ3v) is 4.33. The summed E-state index contributed by atoms with van der Waals surface area (Å²) in [7, 11) is -3.45. The SMILES string of the molecule is Nc1cccc(S(=O)(=O)C2CNCCO2)c1. The topological polar surface area (TPSA) is 81.4 Å². The van der Waals surface area contributed by atoms with Crippen LogP contribution < -0.4 is 11.1 Å². The standard InChI is InChI=1S/C10H14N2O3S/c11-8-2-1-3-9(6-8)16(13,14)10-7-12-4-5-15-10/h1-3,6,10,12H,4-5,7,11H2. The van der Waals surface area contributed by atoms with Crippen molar-refractivity contribution in [1.82, 2.24) is 5.32 Å². The molecule has 0 amide bonds. The zero-order chi connectivity index (χ0) is 11.6. The Balaban J connectivity index is 2.30. The maximum Gasteiger partial charge on any atom is 0.206 e. The van der Waals surface area contributed by atoms with Crippen molar-refractivity contribution in [2.45, 2.75) is 10.3 Å². The van der Waals surface area contributed by atoms with Gasteiger partial charge in [-0.25, -0.2) is 8.42 Å². The molecule has 6 heteroatoms. The fourth-order valence-corrected chi connectivity index (χ4v) is 3.07. The number of nitrogen functional groups attached to an aromatic ring is 1. The van der Waals surface area contributed by atoms with Crippen molar-refractivity contribution in [3.63, 3.8) is 0 Å². The molecule has 1 aromatic carbocycles. The summed E-state index contributed by atoms with van der Waals surface area (Å²) in [6.45, 7) is 1.41. The first-order chi connectivity index (χ1) is 7.60. The fourth-order valence-electron chi connectivity index (χ4n) is 1.58. The van der Waals surface area contributed by atoms with Crippen molar-refractivity contribution in [2.24, 2.45) is 0 Å². The van der Waals surface area contributed by atoms with Crippen LogP contribution in [0.4, 0.5) is 5.69 Å². The lowest BCUT2D eigenvalue weighted by molar-refractivity contribution is 0.0785. The Kier molecular flexibility index (Phi) is 3.13. The first-order valence-electron chi connectivity index (χ1n) is 5.02. The van der Waals surface area contributed by atoms with E-state index < -0.39 is 15.3 Å². The Morgan fingerprint density at radius 3 is 2.88 bits per heavy atom. The van der Waals surface area contributed by atoms with Gasteiger partial charge in [-0.1, -0.05) is 6.07 Å². The van der Waals surface area contributed by atoms with Gasteiger partial charge in [0.25, 0.3) is 0 Å². The summed E-state index contributed by atoms with van der Waals surface area (Å²) in [4.78, 5) is 0.209. The Bertz CT molecular complexity index is 467. The Hall–Kier alpha value is -1.11. The molecule has 1 atom stereocenters. The monoisotopic (exact) mass is 242 g/mol. The van der Waals surface area contributed by atoms with Crippen LogP contribution in [-0.2, 0) is 14.6 Å². The van der Waals surface area contributed by atoms with Crippen molar-refractivity contribution in [3.8, 4) is 0 Å². The lowest BCUT2D eigenvalue weighted by atomic mass is 10.3. The van der Waals surface area contributed by atoms with Crippen LogP contribution in [0.2, 0.25) is 0 Å². The molecule has 0 spiro atoms. The quantitative estimate of drug-likeness (QED) is 0.713. The number of nitrogens with one attached hydrogen (secondary N) is 1. The molecule has 1 saturated heterocycles. The van der Waals surface area contributed by atoms with E-state index in [4.69, 9.17) is 10.5 Å². The van der Waals surface area contributed by atoms with Gasteiger partial charge in [0.1, 0.15) is 0 Å². The van der Waals surface area contributed by atoms with E-state index >= 15 is 0 Å². The average Bonchev–Trinajstić information content (AvgIpc) is 2.30. The molecule has 16 heavy (non-hydrogen) atoms. The summed E-state index contributed by atoms with van der Waals surface area (Å²) >= 11 is 0. The number of hydrogen-bond donors (Lipinski definition) is 2. The molecule has 1 aliphatic rings. The predicted molar refractivity (Wildman–Crippen MR) is 60.6 cm³/mol. The highest BCUT2D eigenvalue weighted by atomic mass is 32.2. The number of rotatable bonds is 2. The maximum absolute atomic E-state index is 12.1.